The number of methoxy groups -OCH3 is 1. The largest absolute Gasteiger partial charge is 0.489 e. The Kier molecular flexibility index (Phi) is 4.71. The van der Waals surface area contributed by atoms with Crippen LogP contribution in [0.15, 0.2) is 23.0 Å². The molecular formula is C14H12F3N3O4S. The minimum absolute atomic E-state index is 0.112. The molecule has 0 atom stereocenters. The lowest BCUT2D eigenvalue weighted by Crippen LogP contribution is -2.28. The van der Waals surface area contributed by atoms with Crippen molar-refractivity contribution in [1.82, 2.24) is 9.13 Å². The highest BCUT2D eigenvalue weighted by atomic mass is 32.1. The maximum absolute atomic E-state index is 13.0. The summed E-state index contributed by atoms with van der Waals surface area (Å²) in [5, 5.41) is 11.3. The molecule has 2 aromatic rings. The molecule has 0 saturated heterocycles. The molecular weight excluding hydrogens is 363 g/mol. The van der Waals surface area contributed by atoms with Crippen molar-refractivity contribution in [3.8, 4) is 11.4 Å². The average Bonchev–Trinajstić information content (AvgIpc) is 2.50. The van der Waals surface area contributed by atoms with Gasteiger partial charge in [-0.05, 0) is 25.2 Å². The van der Waals surface area contributed by atoms with Crippen molar-refractivity contribution in [1.29, 1.82) is 0 Å². The topological polar surface area (TPSA) is 79.3 Å². The van der Waals surface area contributed by atoms with Crippen LogP contribution in [0.2, 0.25) is 0 Å². The number of halogens is 3. The molecule has 0 amide bonds. The molecule has 0 fully saturated rings. The van der Waals surface area contributed by atoms with Gasteiger partial charge in [-0.3, -0.25) is 14.9 Å². The van der Waals surface area contributed by atoms with Crippen LogP contribution < -0.4 is 10.3 Å². The molecule has 0 saturated carbocycles. The van der Waals surface area contributed by atoms with Crippen molar-refractivity contribution in [3.05, 3.63) is 54.7 Å². The summed E-state index contributed by atoms with van der Waals surface area (Å²) in [5.74, 6) is -0.266. The van der Waals surface area contributed by atoms with Crippen molar-refractivity contribution >= 4 is 17.9 Å². The molecule has 0 spiro atoms. The Morgan fingerprint density at radius 1 is 1.32 bits per heavy atom. The fraction of sp³-hybridized carbons (Fsp3) is 0.286. The lowest BCUT2D eigenvalue weighted by atomic mass is 10.1. The number of nitro groups is 1. The van der Waals surface area contributed by atoms with Gasteiger partial charge in [0, 0.05) is 18.7 Å². The van der Waals surface area contributed by atoms with Gasteiger partial charge in [0.25, 0.3) is 5.56 Å². The van der Waals surface area contributed by atoms with Gasteiger partial charge in [-0.15, -0.1) is 0 Å². The van der Waals surface area contributed by atoms with E-state index >= 15 is 0 Å². The zero-order chi connectivity index (χ0) is 19.1. The van der Waals surface area contributed by atoms with E-state index in [4.69, 9.17) is 17.0 Å². The number of nitrogens with zero attached hydrogens (tertiary/aromatic N) is 3. The predicted molar refractivity (Wildman–Crippen MR) is 84.8 cm³/mol. The Labute approximate surface area is 144 Å². The summed E-state index contributed by atoms with van der Waals surface area (Å²) in [7, 11) is 2.21. The van der Waals surface area contributed by atoms with Gasteiger partial charge < -0.3 is 9.30 Å². The normalized spacial score (nSPS) is 11.4. The molecule has 1 aromatic heterocycles. The summed E-state index contributed by atoms with van der Waals surface area (Å²) in [6, 6.07) is 3.06. The van der Waals surface area contributed by atoms with Gasteiger partial charge in [0.05, 0.1) is 12.0 Å². The third-order valence-electron chi connectivity index (χ3n) is 3.55. The van der Waals surface area contributed by atoms with E-state index < -0.39 is 32.8 Å². The number of nitro benzene ring substituents is 1. The van der Waals surface area contributed by atoms with Crippen molar-refractivity contribution in [2.24, 2.45) is 7.05 Å². The summed E-state index contributed by atoms with van der Waals surface area (Å²) >= 11 is 4.97. The van der Waals surface area contributed by atoms with Crippen LogP contribution in [0.4, 0.5) is 18.9 Å². The Morgan fingerprint density at radius 2 is 1.92 bits per heavy atom. The predicted octanol–water partition coefficient (Wildman–Crippen LogP) is 3.15. The van der Waals surface area contributed by atoms with Gasteiger partial charge in [-0.25, -0.2) is 4.57 Å². The zero-order valence-corrected chi connectivity index (χ0v) is 14.1. The molecule has 1 heterocycles. The molecule has 0 bridgehead atoms. The Hall–Kier alpha value is -2.69. The smallest absolute Gasteiger partial charge is 0.431 e. The number of rotatable bonds is 3. The van der Waals surface area contributed by atoms with Crippen LogP contribution in [0.3, 0.4) is 0 Å². The number of ether oxygens (including phenoxy) is 1. The van der Waals surface area contributed by atoms with Gasteiger partial charge >= 0.3 is 11.9 Å². The van der Waals surface area contributed by atoms with Crippen molar-refractivity contribution < 1.29 is 22.8 Å². The Bertz CT molecular complexity index is 979. The van der Waals surface area contributed by atoms with E-state index in [-0.39, 0.29) is 17.0 Å². The van der Waals surface area contributed by atoms with Crippen LogP contribution in [0.5, 0.6) is 5.75 Å². The second-order valence-corrected chi connectivity index (χ2v) is 5.45. The fourth-order valence-corrected chi connectivity index (χ4v) is 2.67. The van der Waals surface area contributed by atoms with E-state index in [0.717, 1.165) is 18.7 Å². The number of hydrogen-bond acceptors (Lipinski definition) is 5. The van der Waals surface area contributed by atoms with E-state index in [9.17, 15) is 28.1 Å². The zero-order valence-electron chi connectivity index (χ0n) is 13.2. The Balaban J connectivity index is 2.93. The summed E-state index contributed by atoms with van der Waals surface area (Å²) in [5.41, 5.74) is -2.55. The monoisotopic (exact) mass is 375 g/mol. The second-order valence-electron chi connectivity index (χ2n) is 5.08. The van der Waals surface area contributed by atoms with Crippen LogP contribution in [0.1, 0.15) is 11.3 Å². The summed E-state index contributed by atoms with van der Waals surface area (Å²) in [4.78, 5) is 22.8. The van der Waals surface area contributed by atoms with Crippen LogP contribution in [-0.4, -0.2) is 21.2 Å². The second kappa shape index (κ2) is 6.31. The van der Waals surface area contributed by atoms with Gasteiger partial charge in [0.15, 0.2) is 4.77 Å². The number of alkyl halides is 3. The lowest BCUT2D eigenvalue weighted by Gasteiger charge is -2.17. The molecule has 134 valence electrons. The first-order valence-corrected chi connectivity index (χ1v) is 7.14. The van der Waals surface area contributed by atoms with Gasteiger partial charge in [0.1, 0.15) is 11.4 Å². The maximum atomic E-state index is 13.0. The number of benzene rings is 1. The summed E-state index contributed by atoms with van der Waals surface area (Å²) in [6.45, 7) is 1.47. The molecule has 11 heteroatoms. The first-order valence-electron chi connectivity index (χ1n) is 6.73. The molecule has 25 heavy (non-hydrogen) atoms. The highest BCUT2D eigenvalue weighted by molar-refractivity contribution is 7.71. The van der Waals surface area contributed by atoms with E-state index in [1.807, 2.05) is 0 Å². The van der Waals surface area contributed by atoms with E-state index in [1.54, 1.807) is 0 Å². The van der Waals surface area contributed by atoms with Crippen molar-refractivity contribution in [2.75, 3.05) is 7.11 Å². The third kappa shape index (κ3) is 3.14. The van der Waals surface area contributed by atoms with Crippen molar-refractivity contribution in [2.45, 2.75) is 13.1 Å². The molecule has 0 aliphatic rings. The molecule has 0 aliphatic carbocycles. The Morgan fingerprint density at radius 3 is 2.40 bits per heavy atom. The summed E-state index contributed by atoms with van der Waals surface area (Å²) < 4.78 is 44.9. The highest BCUT2D eigenvalue weighted by Gasteiger charge is 2.35. The molecule has 0 N–H and O–H groups in total. The average molecular weight is 375 g/mol. The lowest BCUT2D eigenvalue weighted by molar-refractivity contribution is -0.386. The first kappa shape index (κ1) is 18.6. The van der Waals surface area contributed by atoms with Gasteiger partial charge in [-0.2, -0.15) is 13.2 Å². The maximum Gasteiger partial charge on any atom is 0.431 e. The van der Waals surface area contributed by atoms with E-state index in [1.165, 1.54) is 19.1 Å². The van der Waals surface area contributed by atoms with E-state index in [0.29, 0.717) is 10.6 Å². The minimum atomic E-state index is -4.77. The van der Waals surface area contributed by atoms with E-state index in [2.05, 4.69) is 0 Å². The molecule has 1 aromatic carbocycles. The van der Waals surface area contributed by atoms with Crippen molar-refractivity contribution in [3.63, 3.8) is 0 Å². The van der Waals surface area contributed by atoms with Crippen LogP contribution in [-0.2, 0) is 13.2 Å². The molecule has 0 unspecified atom stereocenters. The minimum Gasteiger partial charge on any atom is -0.489 e. The fourth-order valence-electron chi connectivity index (χ4n) is 2.38. The van der Waals surface area contributed by atoms with Crippen LogP contribution in [0, 0.1) is 21.8 Å². The molecule has 0 radical (unpaired) electrons. The van der Waals surface area contributed by atoms with Crippen LogP contribution >= 0.6 is 12.2 Å². The number of hydrogen-bond donors (Lipinski definition) is 0. The SMILES string of the molecule is COc1c(-n2c(=O)cc(C(F)(F)F)n(C)c2=S)ccc(C)c1[N+](=O)[O-]. The number of aryl methyl sites for hydroxylation is 1. The third-order valence-corrected chi connectivity index (χ3v) is 4.01. The summed E-state index contributed by atoms with van der Waals surface area (Å²) in [6.07, 6.45) is -4.77. The van der Waals surface area contributed by atoms with Crippen LogP contribution in [0.25, 0.3) is 5.69 Å². The standard InChI is InChI=1S/C14H12F3N3O4S/c1-7-4-5-8(12(24-3)11(7)20(22)23)19-10(21)6-9(14(15,16)17)18(2)13(19)25/h4-6H,1-3H3. The van der Waals surface area contributed by atoms with Gasteiger partial charge in [-0.1, -0.05) is 6.07 Å². The molecule has 0 aliphatic heterocycles. The number of aromatic nitrogens is 2. The molecule has 7 nitrogen and oxygen atoms in total. The quantitative estimate of drug-likeness (QED) is 0.468. The van der Waals surface area contributed by atoms with Gasteiger partial charge in [0.2, 0.25) is 5.75 Å². The molecule has 2 rings (SSSR count). The first-order chi connectivity index (χ1) is 11.5. The highest BCUT2D eigenvalue weighted by Crippen LogP contribution is 2.36.